The third-order valence-corrected chi connectivity index (χ3v) is 5.50. The zero-order chi connectivity index (χ0) is 18.3. The zero-order valence-corrected chi connectivity index (χ0v) is 15.8. The van der Waals surface area contributed by atoms with Crippen LogP contribution >= 0.6 is 0 Å². The summed E-state index contributed by atoms with van der Waals surface area (Å²) >= 11 is 0. The summed E-state index contributed by atoms with van der Waals surface area (Å²) in [6.07, 6.45) is 4.73. The third kappa shape index (κ3) is 6.94. The fraction of sp³-hybridized carbons (Fsp3) is 0.611. The third-order valence-electron chi connectivity index (χ3n) is 4.42. The maximum Gasteiger partial charge on any atom is 0.317 e. The predicted molar refractivity (Wildman–Crippen MR) is 98.7 cm³/mol. The highest BCUT2D eigenvalue weighted by atomic mass is 32.2. The fourth-order valence-electron chi connectivity index (χ4n) is 3.21. The van der Waals surface area contributed by atoms with Crippen molar-refractivity contribution in [1.29, 1.82) is 0 Å². The molecule has 1 atom stereocenters. The minimum absolute atomic E-state index is 0.0498. The van der Waals surface area contributed by atoms with Crippen LogP contribution in [-0.4, -0.2) is 58.1 Å². The van der Waals surface area contributed by atoms with Crippen LogP contribution in [0.4, 0.5) is 4.79 Å². The van der Waals surface area contributed by atoms with E-state index < -0.39 is 9.84 Å². The molecule has 0 saturated carbocycles. The first kappa shape index (κ1) is 19.6. The molecule has 1 aromatic rings. The fourth-order valence-corrected chi connectivity index (χ4v) is 4.33. The van der Waals surface area contributed by atoms with E-state index >= 15 is 0 Å². The number of hydrogen-bond donors (Lipinski definition) is 1. The van der Waals surface area contributed by atoms with Crippen molar-refractivity contribution in [3.05, 3.63) is 29.8 Å². The molecule has 1 aliphatic heterocycles. The van der Waals surface area contributed by atoms with E-state index in [0.29, 0.717) is 19.6 Å². The van der Waals surface area contributed by atoms with Crippen molar-refractivity contribution in [3.63, 3.8) is 0 Å². The Hall–Kier alpha value is -1.76. The highest BCUT2D eigenvalue weighted by Crippen LogP contribution is 2.18. The topological polar surface area (TPSA) is 75.7 Å². The summed E-state index contributed by atoms with van der Waals surface area (Å²) in [4.78, 5) is 14.0. The molecule has 7 heteroatoms. The van der Waals surface area contributed by atoms with Crippen LogP contribution in [0, 0.1) is 5.92 Å². The molecule has 25 heavy (non-hydrogen) atoms. The lowest BCUT2D eigenvalue weighted by atomic mass is 10.0. The Balaban J connectivity index is 1.70. The first-order chi connectivity index (χ1) is 11.9. The molecule has 0 spiro atoms. The van der Waals surface area contributed by atoms with Gasteiger partial charge >= 0.3 is 6.03 Å². The number of carbonyl (C=O) groups excluding carboxylic acids is 1. The van der Waals surface area contributed by atoms with E-state index in [9.17, 15) is 13.2 Å². The van der Waals surface area contributed by atoms with Crippen LogP contribution in [0.15, 0.2) is 24.3 Å². The van der Waals surface area contributed by atoms with E-state index in [4.69, 9.17) is 4.74 Å². The number of likely N-dealkylation sites (tertiary alicyclic amines) is 1. The smallest absolute Gasteiger partial charge is 0.317 e. The number of piperidine rings is 1. The second-order valence-corrected chi connectivity index (χ2v) is 8.92. The van der Waals surface area contributed by atoms with Crippen molar-refractivity contribution >= 4 is 15.9 Å². The van der Waals surface area contributed by atoms with Gasteiger partial charge in [-0.25, -0.2) is 13.2 Å². The van der Waals surface area contributed by atoms with Gasteiger partial charge in [0.15, 0.2) is 0 Å². The number of sulfone groups is 1. The number of hydrogen-bond acceptors (Lipinski definition) is 4. The quantitative estimate of drug-likeness (QED) is 0.748. The Morgan fingerprint density at radius 2 is 2.04 bits per heavy atom. The van der Waals surface area contributed by atoms with Gasteiger partial charge in [-0.1, -0.05) is 12.1 Å². The average molecular weight is 368 g/mol. The summed E-state index contributed by atoms with van der Waals surface area (Å²) in [5, 5.41) is 2.94. The Kier molecular flexibility index (Phi) is 7.11. The molecular formula is C18H28N2O4S. The molecule has 1 fully saturated rings. The summed E-state index contributed by atoms with van der Waals surface area (Å²) in [6, 6.07) is 7.84. The number of rotatable bonds is 7. The van der Waals surface area contributed by atoms with Crippen LogP contribution in [0.3, 0.4) is 0 Å². The van der Waals surface area contributed by atoms with Gasteiger partial charge in [0, 0.05) is 25.9 Å². The first-order valence-electron chi connectivity index (χ1n) is 8.71. The van der Waals surface area contributed by atoms with E-state index in [1.165, 1.54) is 11.8 Å². The molecule has 1 aromatic carbocycles. The Bertz CT molecular complexity index is 658. The second kappa shape index (κ2) is 9.08. The van der Waals surface area contributed by atoms with Crippen LogP contribution in [0.1, 0.15) is 24.8 Å². The monoisotopic (exact) mass is 368 g/mol. The first-order valence-corrected chi connectivity index (χ1v) is 10.8. The van der Waals surface area contributed by atoms with E-state index in [0.717, 1.165) is 31.4 Å². The van der Waals surface area contributed by atoms with Gasteiger partial charge in [0.1, 0.15) is 15.6 Å². The lowest BCUT2D eigenvalue weighted by molar-refractivity contribution is 0.170. The van der Waals surface area contributed by atoms with Crippen molar-refractivity contribution < 1.29 is 17.9 Å². The van der Waals surface area contributed by atoms with Crippen LogP contribution in [0.2, 0.25) is 0 Å². The standard InChI is InChI=1S/C18H28N2O4S/c1-24-17-9-7-15(8-10-17)5-3-11-19-18(21)20-12-4-6-16(13-20)14-25(2,22)23/h7-10,16H,3-6,11-14H2,1-2H3,(H,19,21). The average Bonchev–Trinajstić information content (AvgIpc) is 2.58. The van der Waals surface area contributed by atoms with Gasteiger partial charge in [0.05, 0.1) is 12.9 Å². The largest absolute Gasteiger partial charge is 0.497 e. The lowest BCUT2D eigenvalue weighted by Crippen LogP contribution is -2.46. The molecule has 6 nitrogen and oxygen atoms in total. The molecule has 1 aliphatic rings. The summed E-state index contributed by atoms with van der Waals surface area (Å²) in [5.74, 6) is 1.05. The lowest BCUT2D eigenvalue weighted by Gasteiger charge is -2.32. The number of aryl methyl sites for hydroxylation is 1. The number of nitrogens with zero attached hydrogens (tertiary/aromatic N) is 1. The number of benzene rings is 1. The number of urea groups is 1. The molecule has 0 bridgehead atoms. The van der Waals surface area contributed by atoms with Crippen molar-refractivity contribution in [2.45, 2.75) is 25.7 Å². The SMILES string of the molecule is COc1ccc(CCCNC(=O)N2CCCC(CS(C)(=O)=O)C2)cc1. The van der Waals surface area contributed by atoms with Crippen LogP contribution in [-0.2, 0) is 16.3 Å². The molecule has 1 heterocycles. The molecule has 0 aliphatic carbocycles. The Morgan fingerprint density at radius 1 is 1.32 bits per heavy atom. The number of nitrogens with one attached hydrogen (secondary N) is 1. The Labute approximate surface area is 150 Å². The summed E-state index contributed by atoms with van der Waals surface area (Å²) in [7, 11) is -1.35. The van der Waals surface area contributed by atoms with Crippen molar-refractivity contribution in [1.82, 2.24) is 10.2 Å². The van der Waals surface area contributed by atoms with Gasteiger partial charge in [-0.15, -0.1) is 0 Å². The highest BCUT2D eigenvalue weighted by Gasteiger charge is 2.25. The predicted octanol–water partition coefficient (Wildman–Crippen LogP) is 2.09. The van der Waals surface area contributed by atoms with Crippen LogP contribution in [0.25, 0.3) is 0 Å². The van der Waals surface area contributed by atoms with Crippen LogP contribution < -0.4 is 10.1 Å². The number of methoxy groups -OCH3 is 1. The van der Waals surface area contributed by atoms with Gasteiger partial charge in [-0.3, -0.25) is 0 Å². The van der Waals surface area contributed by atoms with E-state index in [2.05, 4.69) is 5.32 Å². The molecule has 1 N–H and O–H groups in total. The van der Waals surface area contributed by atoms with Gasteiger partial charge in [0.2, 0.25) is 0 Å². The maximum atomic E-state index is 12.3. The summed E-state index contributed by atoms with van der Waals surface area (Å²) in [5.41, 5.74) is 1.21. The summed E-state index contributed by atoms with van der Waals surface area (Å²) < 4.78 is 28.0. The maximum absolute atomic E-state index is 12.3. The second-order valence-electron chi connectivity index (χ2n) is 6.73. The van der Waals surface area contributed by atoms with Gasteiger partial charge in [0.25, 0.3) is 0 Å². The van der Waals surface area contributed by atoms with Gasteiger partial charge in [-0.2, -0.15) is 0 Å². The molecular weight excluding hydrogens is 340 g/mol. The number of amides is 2. The number of ether oxygens (including phenoxy) is 1. The molecule has 2 rings (SSSR count). The minimum Gasteiger partial charge on any atom is -0.497 e. The van der Waals surface area contributed by atoms with Crippen molar-refractivity contribution in [2.24, 2.45) is 5.92 Å². The van der Waals surface area contributed by atoms with Gasteiger partial charge in [-0.05, 0) is 49.3 Å². The molecule has 1 unspecified atom stereocenters. The molecule has 1 saturated heterocycles. The van der Waals surface area contributed by atoms with Crippen molar-refractivity contribution in [3.8, 4) is 5.75 Å². The molecule has 0 radical (unpaired) electrons. The van der Waals surface area contributed by atoms with Crippen LogP contribution in [0.5, 0.6) is 5.75 Å². The zero-order valence-electron chi connectivity index (χ0n) is 15.0. The van der Waals surface area contributed by atoms with E-state index in [1.54, 1.807) is 12.0 Å². The van der Waals surface area contributed by atoms with E-state index in [1.807, 2.05) is 24.3 Å². The number of carbonyl (C=O) groups is 1. The summed E-state index contributed by atoms with van der Waals surface area (Å²) in [6.45, 7) is 1.83. The minimum atomic E-state index is -3.00. The van der Waals surface area contributed by atoms with Gasteiger partial charge < -0.3 is 15.0 Å². The molecule has 140 valence electrons. The van der Waals surface area contributed by atoms with Crippen molar-refractivity contribution in [2.75, 3.05) is 38.8 Å². The molecule has 0 aromatic heterocycles. The highest BCUT2D eigenvalue weighted by molar-refractivity contribution is 7.90. The normalized spacial score (nSPS) is 18.0. The molecule has 2 amide bonds. The van der Waals surface area contributed by atoms with E-state index in [-0.39, 0.29) is 17.7 Å². The Morgan fingerprint density at radius 3 is 2.68 bits per heavy atom.